The molecule has 0 spiro atoms. The quantitative estimate of drug-likeness (QED) is 0.664. The molecule has 0 radical (unpaired) electrons. The number of nitrogen functional groups attached to an aromatic ring is 1. The first-order valence-electron chi connectivity index (χ1n) is 7.11. The third-order valence-corrected chi connectivity index (χ3v) is 3.80. The maximum Gasteiger partial charge on any atom is 0.139 e. The number of fused-ring (bicyclic) bond motifs is 1. The highest BCUT2D eigenvalue weighted by Gasteiger charge is 2.14. The first-order valence-corrected chi connectivity index (χ1v) is 7.11. The number of hydrogen-bond donors (Lipinski definition) is 2. The van der Waals surface area contributed by atoms with Crippen molar-refractivity contribution in [1.82, 2.24) is 4.98 Å². The first-order chi connectivity index (χ1) is 9.86. The van der Waals surface area contributed by atoms with Gasteiger partial charge in [0.25, 0.3) is 0 Å². The average Bonchev–Trinajstić information content (AvgIpc) is 2.71. The molecule has 4 nitrogen and oxygen atoms in total. The summed E-state index contributed by atoms with van der Waals surface area (Å²) in [5.74, 6) is 6.04. The van der Waals surface area contributed by atoms with E-state index in [1.165, 1.54) is 36.1 Å². The summed E-state index contributed by atoms with van der Waals surface area (Å²) >= 11 is 0. The SMILES string of the molecule is NNc1ccc(CN2CCCCc3ccccc32)cn1. The molecule has 0 saturated carbocycles. The molecule has 1 aromatic carbocycles. The predicted octanol–water partition coefficient (Wildman–Crippen LogP) is 2.71. The lowest BCUT2D eigenvalue weighted by Crippen LogP contribution is -2.23. The normalized spacial score (nSPS) is 14.6. The van der Waals surface area contributed by atoms with Crippen LogP contribution in [0.15, 0.2) is 42.6 Å². The van der Waals surface area contributed by atoms with E-state index in [9.17, 15) is 0 Å². The van der Waals surface area contributed by atoms with Crippen molar-refractivity contribution in [3.63, 3.8) is 0 Å². The van der Waals surface area contributed by atoms with Crippen LogP contribution in [0.5, 0.6) is 0 Å². The molecule has 0 saturated heterocycles. The Balaban J connectivity index is 1.82. The van der Waals surface area contributed by atoms with Crippen LogP contribution in [0, 0.1) is 0 Å². The van der Waals surface area contributed by atoms with Gasteiger partial charge in [-0.25, -0.2) is 10.8 Å². The zero-order chi connectivity index (χ0) is 13.8. The van der Waals surface area contributed by atoms with Gasteiger partial charge in [-0.05, 0) is 42.5 Å². The number of nitrogens with two attached hydrogens (primary N) is 1. The van der Waals surface area contributed by atoms with E-state index in [1.807, 2.05) is 12.3 Å². The zero-order valence-electron chi connectivity index (χ0n) is 11.5. The highest BCUT2D eigenvalue weighted by molar-refractivity contribution is 5.54. The molecule has 3 N–H and O–H groups in total. The number of hydrogen-bond acceptors (Lipinski definition) is 4. The number of pyridine rings is 1. The van der Waals surface area contributed by atoms with Gasteiger partial charge in [-0.15, -0.1) is 0 Å². The topological polar surface area (TPSA) is 54.2 Å². The smallest absolute Gasteiger partial charge is 0.139 e. The first kappa shape index (κ1) is 12.9. The zero-order valence-corrected chi connectivity index (χ0v) is 11.5. The van der Waals surface area contributed by atoms with E-state index < -0.39 is 0 Å². The molecule has 2 aromatic rings. The van der Waals surface area contributed by atoms with Crippen LogP contribution in [0.1, 0.15) is 24.0 Å². The van der Waals surface area contributed by atoms with Crippen LogP contribution in [0.3, 0.4) is 0 Å². The van der Waals surface area contributed by atoms with Crippen molar-refractivity contribution in [2.75, 3.05) is 16.9 Å². The maximum atomic E-state index is 5.35. The van der Waals surface area contributed by atoms with Gasteiger partial charge in [0.2, 0.25) is 0 Å². The molecule has 2 heterocycles. The summed E-state index contributed by atoms with van der Waals surface area (Å²) in [6.07, 6.45) is 5.58. The molecule has 1 aliphatic heterocycles. The molecular formula is C16H20N4. The van der Waals surface area contributed by atoms with Gasteiger partial charge >= 0.3 is 0 Å². The predicted molar refractivity (Wildman–Crippen MR) is 82.5 cm³/mol. The van der Waals surface area contributed by atoms with Crippen LogP contribution in [0.4, 0.5) is 11.5 Å². The number of hydrazine groups is 1. The van der Waals surface area contributed by atoms with E-state index in [2.05, 4.69) is 45.6 Å². The number of nitrogens with zero attached hydrogens (tertiary/aromatic N) is 2. The fourth-order valence-electron chi connectivity index (χ4n) is 2.76. The second-order valence-corrected chi connectivity index (χ2v) is 5.20. The summed E-state index contributed by atoms with van der Waals surface area (Å²) in [5, 5.41) is 0. The fraction of sp³-hybridized carbons (Fsp3) is 0.312. The van der Waals surface area contributed by atoms with Crippen molar-refractivity contribution in [3.05, 3.63) is 53.7 Å². The van der Waals surface area contributed by atoms with E-state index in [-0.39, 0.29) is 0 Å². The Labute approximate surface area is 119 Å². The van der Waals surface area contributed by atoms with E-state index in [0.29, 0.717) is 5.82 Å². The summed E-state index contributed by atoms with van der Waals surface area (Å²) in [5.41, 5.74) is 6.59. The molecule has 104 valence electrons. The monoisotopic (exact) mass is 268 g/mol. The second-order valence-electron chi connectivity index (χ2n) is 5.20. The van der Waals surface area contributed by atoms with Crippen molar-refractivity contribution < 1.29 is 0 Å². The molecule has 1 aromatic heterocycles. The Bertz CT molecular complexity index is 565. The number of aryl methyl sites for hydroxylation is 1. The third-order valence-electron chi connectivity index (χ3n) is 3.80. The third kappa shape index (κ3) is 2.75. The van der Waals surface area contributed by atoms with Crippen molar-refractivity contribution >= 4 is 11.5 Å². The highest BCUT2D eigenvalue weighted by atomic mass is 15.2. The van der Waals surface area contributed by atoms with Crippen LogP contribution < -0.4 is 16.2 Å². The van der Waals surface area contributed by atoms with Crippen molar-refractivity contribution in [2.45, 2.75) is 25.8 Å². The number of benzene rings is 1. The van der Waals surface area contributed by atoms with Crippen LogP contribution in [0.25, 0.3) is 0 Å². The largest absolute Gasteiger partial charge is 0.367 e. The van der Waals surface area contributed by atoms with Gasteiger partial charge in [0, 0.05) is 25.0 Å². The molecule has 0 fully saturated rings. The summed E-state index contributed by atoms with van der Waals surface area (Å²) in [6, 6.07) is 12.7. The molecule has 0 bridgehead atoms. The summed E-state index contributed by atoms with van der Waals surface area (Å²) in [6.45, 7) is 2.00. The summed E-state index contributed by atoms with van der Waals surface area (Å²) < 4.78 is 0. The molecule has 20 heavy (non-hydrogen) atoms. The van der Waals surface area contributed by atoms with Gasteiger partial charge < -0.3 is 10.3 Å². The number of anilines is 2. The van der Waals surface area contributed by atoms with Gasteiger partial charge in [-0.1, -0.05) is 24.3 Å². The van der Waals surface area contributed by atoms with Crippen molar-refractivity contribution in [1.29, 1.82) is 0 Å². The second kappa shape index (κ2) is 5.92. The van der Waals surface area contributed by atoms with Crippen LogP contribution >= 0.6 is 0 Å². The van der Waals surface area contributed by atoms with Crippen LogP contribution in [-0.2, 0) is 13.0 Å². The maximum absolute atomic E-state index is 5.35. The minimum atomic E-state index is 0.699. The molecule has 0 aliphatic carbocycles. The Morgan fingerprint density at radius 2 is 2.05 bits per heavy atom. The highest BCUT2D eigenvalue weighted by Crippen LogP contribution is 2.27. The summed E-state index contributed by atoms with van der Waals surface area (Å²) in [7, 11) is 0. The minimum Gasteiger partial charge on any atom is -0.367 e. The van der Waals surface area contributed by atoms with E-state index in [4.69, 9.17) is 5.84 Å². The Morgan fingerprint density at radius 1 is 1.15 bits per heavy atom. The lowest BCUT2D eigenvalue weighted by atomic mass is 10.1. The van der Waals surface area contributed by atoms with E-state index >= 15 is 0 Å². The molecule has 1 aliphatic rings. The van der Waals surface area contributed by atoms with E-state index in [1.54, 1.807) is 0 Å². The molecule has 0 atom stereocenters. The lowest BCUT2D eigenvalue weighted by Gasteiger charge is -2.25. The lowest BCUT2D eigenvalue weighted by molar-refractivity contribution is 0.714. The fourth-order valence-corrected chi connectivity index (χ4v) is 2.76. The molecule has 0 amide bonds. The number of aromatic nitrogens is 1. The Morgan fingerprint density at radius 3 is 2.85 bits per heavy atom. The van der Waals surface area contributed by atoms with Crippen molar-refractivity contribution in [3.8, 4) is 0 Å². The minimum absolute atomic E-state index is 0.699. The van der Waals surface area contributed by atoms with Gasteiger partial charge in [0.1, 0.15) is 5.82 Å². The van der Waals surface area contributed by atoms with Crippen molar-refractivity contribution in [2.24, 2.45) is 5.84 Å². The Hall–Kier alpha value is -2.07. The molecule has 4 heteroatoms. The average molecular weight is 268 g/mol. The number of rotatable bonds is 3. The van der Waals surface area contributed by atoms with Gasteiger partial charge in [0.05, 0.1) is 0 Å². The number of nitrogens with one attached hydrogen (secondary N) is 1. The van der Waals surface area contributed by atoms with Crippen LogP contribution in [-0.4, -0.2) is 11.5 Å². The van der Waals surface area contributed by atoms with E-state index in [0.717, 1.165) is 13.1 Å². The molecule has 3 rings (SSSR count). The summed E-state index contributed by atoms with van der Waals surface area (Å²) in [4.78, 5) is 6.73. The Kier molecular flexibility index (Phi) is 3.83. The van der Waals surface area contributed by atoms with Gasteiger partial charge in [-0.3, -0.25) is 0 Å². The molecule has 0 unspecified atom stereocenters. The van der Waals surface area contributed by atoms with Gasteiger partial charge in [0.15, 0.2) is 0 Å². The standard InChI is InChI=1S/C16H20N4/c17-19-16-9-8-13(11-18-16)12-20-10-4-3-6-14-5-1-2-7-15(14)20/h1-2,5,7-9,11H,3-4,6,10,12,17H2,(H,18,19). The molecular weight excluding hydrogens is 248 g/mol. The van der Waals surface area contributed by atoms with Crippen LogP contribution in [0.2, 0.25) is 0 Å². The van der Waals surface area contributed by atoms with Gasteiger partial charge in [-0.2, -0.15) is 0 Å². The number of para-hydroxylation sites is 1.